The van der Waals surface area contributed by atoms with E-state index >= 15 is 0 Å². The first kappa shape index (κ1) is 20.2. The van der Waals surface area contributed by atoms with Gasteiger partial charge in [-0.3, -0.25) is 9.48 Å². The second-order valence-electron chi connectivity index (χ2n) is 8.44. The van der Waals surface area contributed by atoms with Crippen LogP contribution in [0.1, 0.15) is 50.7 Å². The van der Waals surface area contributed by atoms with Gasteiger partial charge in [0.1, 0.15) is 0 Å². The van der Waals surface area contributed by atoms with E-state index in [2.05, 4.69) is 28.6 Å². The second-order valence-corrected chi connectivity index (χ2v) is 8.44. The zero-order valence-electron chi connectivity index (χ0n) is 18.5. The summed E-state index contributed by atoms with van der Waals surface area (Å²) in [6, 6.07) is 20.0. The number of nitrogens with zero attached hydrogens (tertiary/aromatic N) is 4. The summed E-state index contributed by atoms with van der Waals surface area (Å²) >= 11 is 0. The summed E-state index contributed by atoms with van der Waals surface area (Å²) in [6.07, 6.45) is 3.18. The summed E-state index contributed by atoms with van der Waals surface area (Å²) in [7, 11) is 0. The molecule has 2 heterocycles. The maximum atomic E-state index is 12.9. The zero-order chi connectivity index (χ0) is 22.1. The number of hydrogen-bond acceptors (Lipinski definition) is 3. The van der Waals surface area contributed by atoms with Gasteiger partial charge >= 0.3 is 0 Å². The van der Waals surface area contributed by atoms with Crippen molar-refractivity contribution in [3.8, 4) is 5.69 Å². The van der Waals surface area contributed by atoms with Crippen LogP contribution < -0.4 is 5.32 Å². The molecule has 1 aliphatic rings. The second kappa shape index (κ2) is 8.46. The quantitative estimate of drug-likeness (QED) is 0.505. The Hall–Kier alpha value is -3.67. The Bertz CT molecular complexity index is 1270. The van der Waals surface area contributed by atoms with Crippen LogP contribution in [0.25, 0.3) is 5.69 Å². The van der Waals surface area contributed by atoms with Crippen molar-refractivity contribution < 1.29 is 4.79 Å². The van der Waals surface area contributed by atoms with E-state index in [9.17, 15) is 4.79 Å². The number of fused-ring (bicyclic) bond motifs is 1. The Labute approximate surface area is 187 Å². The summed E-state index contributed by atoms with van der Waals surface area (Å²) in [5.74, 6) is -0.0822. The fourth-order valence-corrected chi connectivity index (χ4v) is 4.52. The highest BCUT2D eigenvalue weighted by molar-refractivity contribution is 5.94. The van der Waals surface area contributed by atoms with Crippen LogP contribution in [-0.4, -0.2) is 25.5 Å². The largest absolute Gasteiger partial charge is 0.346 e. The minimum atomic E-state index is -0.0822. The topological polar surface area (TPSA) is 64.7 Å². The molecule has 6 heteroatoms. The lowest BCUT2D eigenvalue weighted by Gasteiger charge is -2.08. The molecule has 6 nitrogen and oxygen atoms in total. The van der Waals surface area contributed by atoms with Crippen molar-refractivity contribution in [3.63, 3.8) is 0 Å². The third kappa shape index (κ3) is 3.96. The number of rotatable bonds is 6. The number of nitrogens with one attached hydrogen (secondary N) is 1. The molecule has 0 aliphatic heterocycles. The first-order chi connectivity index (χ1) is 15.6. The average molecular weight is 426 g/mol. The van der Waals surface area contributed by atoms with Crippen LogP contribution in [0, 0.1) is 13.8 Å². The Balaban J connectivity index is 1.31. The minimum Gasteiger partial charge on any atom is -0.346 e. The van der Waals surface area contributed by atoms with Crippen molar-refractivity contribution >= 4 is 5.91 Å². The maximum Gasteiger partial charge on any atom is 0.251 e. The van der Waals surface area contributed by atoms with Crippen LogP contribution >= 0.6 is 0 Å². The van der Waals surface area contributed by atoms with Gasteiger partial charge in [0.25, 0.3) is 5.91 Å². The Morgan fingerprint density at radius 2 is 1.84 bits per heavy atom. The molecule has 0 saturated heterocycles. The number of aromatic nitrogens is 4. The van der Waals surface area contributed by atoms with Gasteiger partial charge in [-0.05, 0) is 74.6 Å². The fourth-order valence-electron chi connectivity index (χ4n) is 4.52. The molecule has 5 rings (SSSR count). The van der Waals surface area contributed by atoms with Crippen LogP contribution in [0.4, 0.5) is 0 Å². The van der Waals surface area contributed by atoms with Gasteiger partial charge in [0.05, 0.1) is 30.2 Å². The van der Waals surface area contributed by atoms with Crippen molar-refractivity contribution in [1.29, 1.82) is 0 Å². The van der Waals surface area contributed by atoms with E-state index in [0.29, 0.717) is 18.7 Å². The van der Waals surface area contributed by atoms with Crippen LogP contribution in [-0.2, 0) is 25.9 Å². The van der Waals surface area contributed by atoms with Gasteiger partial charge in [-0.25, -0.2) is 4.68 Å². The molecule has 1 aliphatic carbocycles. The minimum absolute atomic E-state index is 0.0822. The Morgan fingerprint density at radius 1 is 1.00 bits per heavy atom. The van der Waals surface area contributed by atoms with Gasteiger partial charge in [0, 0.05) is 17.0 Å². The molecule has 0 radical (unpaired) electrons. The lowest BCUT2D eigenvalue weighted by molar-refractivity contribution is 0.0950. The van der Waals surface area contributed by atoms with Crippen LogP contribution in [0.5, 0.6) is 0 Å². The lowest BCUT2D eigenvalue weighted by Crippen LogP contribution is -2.23. The normalized spacial score (nSPS) is 12.7. The molecule has 0 spiro atoms. The molecule has 0 saturated carbocycles. The van der Waals surface area contributed by atoms with Crippen LogP contribution in [0.15, 0.2) is 60.7 Å². The number of aryl methyl sites for hydroxylation is 2. The molecule has 4 aromatic rings. The Kier molecular flexibility index (Phi) is 5.35. The number of benzene rings is 2. The predicted molar refractivity (Wildman–Crippen MR) is 124 cm³/mol. The standard InChI is InChI=1S/C26H27N5O/c1-18-14-19(2)30(28-18)17-20-8-6-9-21(15-20)26(32)27-16-24-23-12-7-13-25(23)31(29-24)22-10-4-3-5-11-22/h3-6,8-11,14-15H,7,12-13,16-17H2,1-2H3,(H,27,32). The smallest absolute Gasteiger partial charge is 0.251 e. The van der Waals surface area contributed by atoms with Gasteiger partial charge in [-0.2, -0.15) is 10.2 Å². The molecule has 0 unspecified atom stereocenters. The van der Waals surface area contributed by atoms with Gasteiger partial charge in [-0.1, -0.05) is 30.3 Å². The van der Waals surface area contributed by atoms with E-state index in [1.54, 1.807) is 0 Å². The molecular formula is C26H27N5O. The molecular weight excluding hydrogens is 398 g/mol. The Morgan fingerprint density at radius 3 is 2.62 bits per heavy atom. The molecule has 0 atom stereocenters. The van der Waals surface area contributed by atoms with E-state index in [4.69, 9.17) is 5.10 Å². The van der Waals surface area contributed by atoms with Crippen molar-refractivity contribution in [1.82, 2.24) is 24.9 Å². The summed E-state index contributed by atoms with van der Waals surface area (Å²) in [5.41, 5.74) is 8.41. The van der Waals surface area contributed by atoms with Crippen molar-refractivity contribution in [2.75, 3.05) is 0 Å². The molecule has 2 aromatic carbocycles. The van der Waals surface area contributed by atoms with E-state index in [1.807, 2.05) is 65.7 Å². The lowest BCUT2D eigenvalue weighted by atomic mass is 10.1. The summed E-state index contributed by atoms with van der Waals surface area (Å²) < 4.78 is 4.00. The summed E-state index contributed by atoms with van der Waals surface area (Å²) in [6.45, 7) is 5.12. The van der Waals surface area contributed by atoms with Crippen molar-refractivity contribution in [2.45, 2.75) is 46.2 Å². The summed E-state index contributed by atoms with van der Waals surface area (Å²) in [4.78, 5) is 12.9. The highest BCUT2D eigenvalue weighted by Crippen LogP contribution is 2.27. The van der Waals surface area contributed by atoms with E-state index in [-0.39, 0.29) is 5.91 Å². The van der Waals surface area contributed by atoms with Crippen LogP contribution in [0.2, 0.25) is 0 Å². The molecule has 1 amide bonds. The monoisotopic (exact) mass is 425 g/mol. The number of carbonyl (C=O) groups is 1. The van der Waals surface area contributed by atoms with Crippen LogP contribution in [0.3, 0.4) is 0 Å². The zero-order valence-corrected chi connectivity index (χ0v) is 18.5. The van der Waals surface area contributed by atoms with E-state index in [0.717, 1.165) is 47.6 Å². The highest BCUT2D eigenvalue weighted by Gasteiger charge is 2.23. The molecule has 0 bridgehead atoms. The number of hydrogen-bond donors (Lipinski definition) is 1. The van der Waals surface area contributed by atoms with Gasteiger partial charge in [-0.15, -0.1) is 0 Å². The SMILES string of the molecule is Cc1cc(C)n(Cc2cccc(C(=O)NCc3nn(-c4ccccc4)c4c3CCC4)c2)n1. The maximum absolute atomic E-state index is 12.9. The molecule has 1 N–H and O–H groups in total. The average Bonchev–Trinajstić information content (AvgIpc) is 3.49. The van der Waals surface area contributed by atoms with E-state index < -0.39 is 0 Å². The molecule has 162 valence electrons. The number of para-hydroxylation sites is 1. The van der Waals surface area contributed by atoms with Crippen molar-refractivity contribution in [3.05, 3.63) is 100 Å². The number of amides is 1. The molecule has 0 fully saturated rings. The van der Waals surface area contributed by atoms with E-state index in [1.165, 1.54) is 11.3 Å². The fraction of sp³-hybridized carbons (Fsp3) is 0.269. The number of carbonyl (C=O) groups excluding carboxylic acids is 1. The third-order valence-electron chi connectivity index (χ3n) is 6.06. The predicted octanol–water partition coefficient (Wildman–Crippen LogP) is 4.15. The third-order valence-corrected chi connectivity index (χ3v) is 6.06. The first-order valence-electron chi connectivity index (χ1n) is 11.1. The molecule has 32 heavy (non-hydrogen) atoms. The van der Waals surface area contributed by atoms with Gasteiger partial charge in [0.2, 0.25) is 0 Å². The first-order valence-corrected chi connectivity index (χ1v) is 11.1. The summed E-state index contributed by atoms with van der Waals surface area (Å²) in [5, 5.41) is 12.4. The highest BCUT2D eigenvalue weighted by atomic mass is 16.1. The van der Waals surface area contributed by atoms with Gasteiger partial charge < -0.3 is 5.32 Å². The molecule has 2 aromatic heterocycles. The van der Waals surface area contributed by atoms with Gasteiger partial charge in [0.15, 0.2) is 0 Å². The van der Waals surface area contributed by atoms with Crippen molar-refractivity contribution in [2.24, 2.45) is 0 Å².